The summed E-state index contributed by atoms with van der Waals surface area (Å²) in [5, 5.41) is 0. The van der Waals surface area contributed by atoms with Crippen molar-refractivity contribution in [3.05, 3.63) is 28.7 Å². The second-order valence-corrected chi connectivity index (χ2v) is 6.41. The molecule has 0 amide bonds. The molecule has 1 aromatic rings. The highest BCUT2D eigenvalue weighted by Gasteiger charge is 2.42. The molecule has 3 atom stereocenters. The summed E-state index contributed by atoms with van der Waals surface area (Å²) in [5.41, 5.74) is 3.08. The van der Waals surface area contributed by atoms with Gasteiger partial charge < -0.3 is 9.47 Å². The quantitative estimate of drug-likeness (QED) is 0.781. The Hall–Kier alpha value is -0.750. The number of thiazole rings is 1. The Kier molecular flexibility index (Phi) is 4.51. The maximum absolute atomic E-state index is 5.98. The van der Waals surface area contributed by atoms with E-state index in [1.54, 1.807) is 11.3 Å². The van der Waals surface area contributed by atoms with E-state index < -0.39 is 0 Å². The number of hydrogen-bond acceptors (Lipinski definition) is 5. The van der Waals surface area contributed by atoms with Crippen molar-refractivity contribution in [2.24, 2.45) is 0 Å². The maximum atomic E-state index is 5.98. The lowest BCUT2D eigenvalue weighted by atomic mass is 10.1. The van der Waals surface area contributed by atoms with Gasteiger partial charge in [0.2, 0.25) is 0 Å². The van der Waals surface area contributed by atoms with Gasteiger partial charge in [-0.15, -0.1) is 17.9 Å². The highest BCUT2D eigenvalue weighted by molar-refractivity contribution is 7.09. The minimum Gasteiger partial charge on any atom is -0.374 e. The Morgan fingerprint density at radius 1 is 1.60 bits per heavy atom. The fourth-order valence-electron chi connectivity index (χ4n) is 3.22. The Labute approximate surface area is 124 Å². The van der Waals surface area contributed by atoms with Crippen molar-refractivity contribution in [2.75, 3.05) is 19.8 Å². The SMILES string of the molecule is C=CCO[C@H]1[C@H]2CC[C@H]1OCCN2Cc1scnc1C. The molecule has 2 aliphatic rings. The molecule has 0 radical (unpaired) electrons. The van der Waals surface area contributed by atoms with E-state index in [0.717, 1.165) is 38.2 Å². The molecule has 3 rings (SSSR count). The normalized spacial score (nSPS) is 30.4. The van der Waals surface area contributed by atoms with E-state index in [9.17, 15) is 0 Å². The third kappa shape index (κ3) is 2.81. The molecule has 0 unspecified atom stereocenters. The Morgan fingerprint density at radius 3 is 3.25 bits per heavy atom. The van der Waals surface area contributed by atoms with Crippen LogP contribution in [0.25, 0.3) is 0 Å². The van der Waals surface area contributed by atoms with Gasteiger partial charge in [-0.3, -0.25) is 4.90 Å². The zero-order valence-electron chi connectivity index (χ0n) is 12.0. The molecule has 2 bridgehead atoms. The second kappa shape index (κ2) is 6.35. The van der Waals surface area contributed by atoms with Crippen LogP contribution in [0.5, 0.6) is 0 Å². The van der Waals surface area contributed by atoms with Crippen LogP contribution in [0.1, 0.15) is 23.4 Å². The molecule has 5 heteroatoms. The summed E-state index contributed by atoms with van der Waals surface area (Å²) < 4.78 is 12.0. The molecule has 20 heavy (non-hydrogen) atoms. The summed E-state index contributed by atoms with van der Waals surface area (Å²) in [5.74, 6) is 0. The molecule has 0 aromatic carbocycles. The van der Waals surface area contributed by atoms with Crippen molar-refractivity contribution < 1.29 is 9.47 Å². The van der Waals surface area contributed by atoms with Gasteiger partial charge in [0.1, 0.15) is 0 Å². The fraction of sp³-hybridized carbons (Fsp3) is 0.667. The van der Waals surface area contributed by atoms with Crippen LogP contribution in [0, 0.1) is 6.92 Å². The molecule has 4 nitrogen and oxygen atoms in total. The molecule has 1 aromatic heterocycles. The van der Waals surface area contributed by atoms with Crippen LogP contribution in [0.15, 0.2) is 18.2 Å². The number of aryl methyl sites for hydroxylation is 1. The first kappa shape index (κ1) is 14.2. The fourth-order valence-corrected chi connectivity index (χ4v) is 4.03. The predicted molar refractivity (Wildman–Crippen MR) is 80.0 cm³/mol. The monoisotopic (exact) mass is 294 g/mol. The van der Waals surface area contributed by atoms with Crippen LogP contribution in [0.3, 0.4) is 0 Å². The lowest BCUT2D eigenvalue weighted by molar-refractivity contribution is -0.0447. The summed E-state index contributed by atoms with van der Waals surface area (Å²) in [6.45, 7) is 9.18. The third-order valence-corrected chi connectivity index (χ3v) is 5.19. The Balaban J connectivity index is 1.73. The standard InChI is InChI=1S/C15H22N2O2S/c1-3-7-19-15-12-4-5-13(15)18-8-6-17(12)9-14-11(2)16-10-20-14/h3,10,12-13,15H,1,4-9H2,2H3/t12-,13-,15+/m1/s1. The maximum Gasteiger partial charge on any atom is 0.0995 e. The number of nitrogens with zero attached hydrogens (tertiary/aromatic N) is 2. The number of aromatic nitrogens is 1. The van der Waals surface area contributed by atoms with Crippen molar-refractivity contribution in [1.82, 2.24) is 9.88 Å². The summed E-state index contributed by atoms with van der Waals surface area (Å²) in [7, 11) is 0. The van der Waals surface area contributed by atoms with Crippen LogP contribution in [0.2, 0.25) is 0 Å². The van der Waals surface area contributed by atoms with Gasteiger partial charge in [-0.05, 0) is 19.8 Å². The van der Waals surface area contributed by atoms with Gasteiger partial charge in [0.15, 0.2) is 0 Å². The topological polar surface area (TPSA) is 34.6 Å². The lowest BCUT2D eigenvalue weighted by Gasteiger charge is -2.30. The van der Waals surface area contributed by atoms with Gasteiger partial charge in [0.25, 0.3) is 0 Å². The molecular weight excluding hydrogens is 272 g/mol. The van der Waals surface area contributed by atoms with E-state index in [-0.39, 0.29) is 12.2 Å². The molecule has 0 N–H and O–H groups in total. The number of hydrogen-bond donors (Lipinski definition) is 0. The summed E-state index contributed by atoms with van der Waals surface area (Å²) in [6, 6.07) is 0.462. The predicted octanol–water partition coefficient (Wildman–Crippen LogP) is 2.39. The van der Waals surface area contributed by atoms with E-state index in [0.29, 0.717) is 12.6 Å². The van der Waals surface area contributed by atoms with Gasteiger partial charge in [0, 0.05) is 24.0 Å². The van der Waals surface area contributed by atoms with Crippen molar-refractivity contribution in [3.63, 3.8) is 0 Å². The van der Waals surface area contributed by atoms with E-state index in [4.69, 9.17) is 9.47 Å². The minimum atomic E-state index is 0.184. The third-order valence-electron chi connectivity index (χ3n) is 4.27. The molecule has 1 saturated heterocycles. The Morgan fingerprint density at radius 2 is 2.50 bits per heavy atom. The van der Waals surface area contributed by atoms with Gasteiger partial charge in [-0.2, -0.15) is 0 Å². The molecule has 1 aliphatic carbocycles. The van der Waals surface area contributed by atoms with E-state index >= 15 is 0 Å². The molecule has 2 fully saturated rings. The summed E-state index contributed by atoms with van der Waals surface area (Å²) in [4.78, 5) is 8.23. The highest BCUT2D eigenvalue weighted by Crippen LogP contribution is 2.33. The van der Waals surface area contributed by atoms with Crippen LogP contribution < -0.4 is 0 Å². The zero-order valence-corrected chi connectivity index (χ0v) is 12.8. The number of ether oxygens (including phenoxy) is 2. The summed E-state index contributed by atoms with van der Waals surface area (Å²) >= 11 is 1.74. The van der Waals surface area contributed by atoms with E-state index in [1.165, 1.54) is 4.88 Å². The molecule has 0 spiro atoms. The van der Waals surface area contributed by atoms with Crippen LogP contribution in [-0.2, 0) is 16.0 Å². The molecule has 110 valence electrons. The molecule has 1 saturated carbocycles. The van der Waals surface area contributed by atoms with Crippen molar-refractivity contribution >= 4 is 11.3 Å². The van der Waals surface area contributed by atoms with Gasteiger partial charge >= 0.3 is 0 Å². The van der Waals surface area contributed by atoms with Crippen LogP contribution in [0.4, 0.5) is 0 Å². The lowest BCUT2D eigenvalue weighted by Crippen LogP contribution is -2.42. The second-order valence-electron chi connectivity index (χ2n) is 5.47. The van der Waals surface area contributed by atoms with Crippen molar-refractivity contribution in [1.29, 1.82) is 0 Å². The van der Waals surface area contributed by atoms with Crippen molar-refractivity contribution in [3.8, 4) is 0 Å². The molecule has 1 aliphatic heterocycles. The summed E-state index contributed by atoms with van der Waals surface area (Å²) in [6.07, 6.45) is 4.52. The average Bonchev–Trinajstić information content (AvgIpc) is 2.96. The van der Waals surface area contributed by atoms with Gasteiger partial charge in [-0.25, -0.2) is 4.98 Å². The van der Waals surface area contributed by atoms with Crippen LogP contribution in [-0.4, -0.2) is 47.9 Å². The van der Waals surface area contributed by atoms with E-state index in [2.05, 4.69) is 23.4 Å². The zero-order chi connectivity index (χ0) is 13.9. The largest absolute Gasteiger partial charge is 0.374 e. The number of fused-ring (bicyclic) bond motifs is 2. The van der Waals surface area contributed by atoms with Gasteiger partial charge in [0.05, 0.1) is 36.6 Å². The average molecular weight is 294 g/mol. The minimum absolute atomic E-state index is 0.184. The van der Waals surface area contributed by atoms with Crippen molar-refractivity contribution in [2.45, 2.75) is 44.6 Å². The molecule has 2 heterocycles. The first-order valence-electron chi connectivity index (χ1n) is 7.26. The van der Waals surface area contributed by atoms with Gasteiger partial charge in [-0.1, -0.05) is 6.08 Å². The highest BCUT2D eigenvalue weighted by atomic mass is 32.1. The first-order valence-corrected chi connectivity index (χ1v) is 8.14. The number of rotatable bonds is 5. The smallest absolute Gasteiger partial charge is 0.0995 e. The van der Waals surface area contributed by atoms with E-state index in [1.807, 2.05) is 11.6 Å². The van der Waals surface area contributed by atoms with Crippen LogP contribution >= 0.6 is 11.3 Å². The first-order chi connectivity index (χ1) is 9.79. The molecular formula is C15H22N2O2S. The Bertz CT molecular complexity index is 462.